The molecule has 0 N–H and O–H groups in total. The molecule has 0 bridgehead atoms. The van der Waals surface area contributed by atoms with E-state index in [1.807, 2.05) is 0 Å². The minimum absolute atomic E-state index is 0.123. The Morgan fingerprint density at radius 3 is 1.23 bits per heavy atom. The van der Waals surface area contributed by atoms with Crippen molar-refractivity contribution in [2.75, 3.05) is 0 Å². The highest BCUT2D eigenvalue weighted by Crippen LogP contribution is 2.48. The minimum atomic E-state index is -5.39. The van der Waals surface area contributed by atoms with E-state index in [9.17, 15) is 57.9 Å². The van der Waals surface area contributed by atoms with Crippen LogP contribution in [0.2, 0.25) is 0 Å². The van der Waals surface area contributed by atoms with Gasteiger partial charge in [0, 0.05) is 32.7 Å². The molecule has 3 nitrogen and oxygen atoms in total. The molecule has 0 radical (unpaired) electrons. The summed E-state index contributed by atoms with van der Waals surface area (Å²) in [4.78, 5) is 0. The molecule has 0 aliphatic carbocycles. The summed E-state index contributed by atoms with van der Waals surface area (Å²) in [5.74, 6) is 0. The molecule has 8 aromatic rings. The molecule has 2 heterocycles. The maximum atomic E-state index is 14.6. The Balaban J connectivity index is 1.63. The molecule has 282 valence electrons. The Kier molecular flexibility index (Phi) is 8.02. The zero-order chi connectivity index (χ0) is 40.1. The molecule has 0 saturated heterocycles. The van der Waals surface area contributed by atoms with Crippen molar-refractivity contribution in [3.63, 3.8) is 0 Å². The molecular formula is C41H19F12N3. The van der Waals surface area contributed by atoms with Gasteiger partial charge in [0.05, 0.1) is 67.3 Å². The topological polar surface area (TPSA) is 33.6 Å². The van der Waals surface area contributed by atoms with Gasteiger partial charge in [0.1, 0.15) is 0 Å². The van der Waals surface area contributed by atoms with Crippen molar-refractivity contribution in [2.24, 2.45) is 0 Å². The number of alkyl halides is 12. The second kappa shape index (κ2) is 12.3. The van der Waals surface area contributed by atoms with E-state index in [-0.39, 0.29) is 44.2 Å². The van der Waals surface area contributed by atoms with Crippen LogP contribution in [0.1, 0.15) is 27.8 Å². The molecule has 0 spiro atoms. The summed E-state index contributed by atoms with van der Waals surface area (Å²) in [6.07, 6.45) is -20.5. The summed E-state index contributed by atoms with van der Waals surface area (Å²) >= 11 is 0. The fourth-order valence-electron chi connectivity index (χ4n) is 7.36. The molecule has 8 rings (SSSR count). The van der Waals surface area contributed by atoms with Gasteiger partial charge >= 0.3 is 24.7 Å². The number of hydrogen-bond acceptors (Lipinski definition) is 1. The lowest BCUT2D eigenvalue weighted by Crippen LogP contribution is -2.15. The van der Waals surface area contributed by atoms with Crippen LogP contribution in [0, 0.1) is 11.3 Å². The first-order valence-corrected chi connectivity index (χ1v) is 16.4. The third kappa shape index (κ3) is 5.78. The Hall–Kier alpha value is -6.43. The van der Waals surface area contributed by atoms with Gasteiger partial charge in [-0.05, 0) is 60.7 Å². The van der Waals surface area contributed by atoms with Gasteiger partial charge in [-0.3, -0.25) is 0 Å². The molecular weight excluding hydrogens is 762 g/mol. The average molecular weight is 782 g/mol. The van der Waals surface area contributed by atoms with E-state index in [0.29, 0.717) is 29.0 Å². The molecule has 0 amide bonds. The first-order chi connectivity index (χ1) is 26.3. The highest BCUT2D eigenvalue weighted by Gasteiger charge is 2.42. The van der Waals surface area contributed by atoms with Crippen molar-refractivity contribution >= 4 is 43.6 Å². The average Bonchev–Trinajstić information content (AvgIpc) is 3.64. The number of halogens is 12. The predicted octanol–water partition coefficient (Wildman–Crippen LogP) is 13.5. The van der Waals surface area contributed by atoms with Crippen molar-refractivity contribution in [3.05, 3.63) is 143 Å². The molecule has 0 atom stereocenters. The van der Waals surface area contributed by atoms with Crippen molar-refractivity contribution in [1.82, 2.24) is 9.13 Å². The van der Waals surface area contributed by atoms with Crippen molar-refractivity contribution in [2.45, 2.75) is 24.7 Å². The number of rotatable bonds is 3. The van der Waals surface area contributed by atoms with Gasteiger partial charge in [0.15, 0.2) is 0 Å². The third-order valence-corrected chi connectivity index (χ3v) is 9.66. The van der Waals surface area contributed by atoms with E-state index < -0.39 is 63.6 Å². The van der Waals surface area contributed by atoms with Gasteiger partial charge in [-0.1, -0.05) is 54.6 Å². The lowest BCUT2D eigenvalue weighted by molar-refractivity contribution is -0.142. The van der Waals surface area contributed by atoms with Crippen molar-refractivity contribution in [3.8, 4) is 28.6 Å². The van der Waals surface area contributed by atoms with E-state index >= 15 is 0 Å². The molecule has 15 heteroatoms. The number of fused-ring (bicyclic) bond motifs is 6. The van der Waals surface area contributed by atoms with Crippen LogP contribution in [-0.2, 0) is 24.7 Å². The van der Waals surface area contributed by atoms with E-state index in [4.69, 9.17) is 0 Å². The lowest BCUT2D eigenvalue weighted by Gasteiger charge is -2.23. The fraction of sp³-hybridized carbons (Fsp3) is 0.0976. The summed E-state index contributed by atoms with van der Waals surface area (Å²) in [6, 6.07) is 22.7. The monoisotopic (exact) mass is 781 g/mol. The minimum Gasteiger partial charge on any atom is -0.307 e. The number of para-hydroxylation sites is 2. The number of aromatic nitrogens is 2. The molecule has 6 aromatic carbocycles. The predicted molar refractivity (Wildman–Crippen MR) is 185 cm³/mol. The Morgan fingerprint density at radius 2 is 0.821 bits per heavy atom. The number of benzene rings is 6. The van der Waals surface area contributed by atoms with Gasteiger partial charge in [-0.15, -0.1) is 0 Å². The van der Waals surface area contributed by atoms with Gasteiger partial charge in [0.2, 0.25) is 0 Å². The first-order valence-electron chi connectivity index (χ1n) is 16.4. The largest absolute Gasteiger partial charge is 0.417 e. The fourth-order valence-corrected chi connectivity index (χ4v) is 7.36. The van der Waals surface area contributed by atoms with Crippen LogP contribution in [-0.4, -0.2) is 9.13 Å². The maximum Gasteiger partial charge on any atom is 0.417 e. The first kappa shape index (κ1) is 36.5. The molecule has 2 aromatic heterocycles. The van der Waals surface area contributed by atoms with Crippen molar-refractivity contribution < 1.29 is 52.7 Å². The third-order valence-electron chi connectivity index (χ3n) is 9.66. The molecule has 56 heavy (non-hydrogen) atoms. The summed E-state index contributed by atoms with van der Waals surface area (Å²) in [5.41, 5.74) is -9.30. The van der Waals surface area contributed by atoms with Gasteiger partial charge in [-0.2, -0.15) is 57.9 Å². The second-order valence-corrected chi connectivity index (χ2v) is 12.9. The van der Waals surface area contributed by atoms with Crippen LogP contribution < -0.4 is 0 Å². The highest BCUT2D eigenvalue weighted by molar-refractivity contribution is 6.12. The SMILES string of the molecule is N#Cc1cc(-n2c3ccccc3c3ccc(C(F)(F)F)cc32)c(-n2c3ccccc3c3ccc(C(F)(F)F)cc32)cc1-c1c(C(F)(F)F)cccc1C(F)(F)F. The molecule has 0 aliphatic heterocycles. The van der Waals surface area contributed by atoms with E-state index in [2.05, 4.69) is 0 Å². The van der Waals surface area contributed by atoms with E-state index in [1.165, 1.54) is 39.5 Å². The summed E-state index contributed by atoms with van der Waals surface area (Å²) in [7, 11) is 0. The van der Waals surface area contributed by atoms with Gasteiger partial charge in [0.25, 0.3) is 0 Å². The second-order valence-electron chi connectivity index (χ2n) is 12.9. The number of nitrogens with zero attached hydrogens (tertiary/aromatic N) is 3. The molecule has 0 unspecified atom stereocenters. The van der Waals surface area contributed by atoms with Crippen LogP contribution in [0.4, 0.5) is 52.7 Å². The Bertz CT molecular complexity index is 2900. The smallest absolute Gasteiger partial charge is 0.307 e. The maximum absolute atomic E-state index is 14.6. The number of nitriles is 1. The quantitative estimate of drug-likeness (QED) is 0.164. The molecule has 0 aliphatic rings. The van der Waals surface area contributed by atoms with E-state index in [0.717, 1.165) is 42.5 Å². The van der Waals surface area contributed by atoms with Crippen LogP contribution in [0.5, 0.6) is 0 Å². The summed E-state index contributed by atoms with van der Waals surface area (Å²) < 4.78 is 175. The Labute approximate surface area is 306 Å². The van der Waals surface area contributed by atoms with E-state index in [1.54, 1.807) is 30.3 Å². The zero-order valence-corrected chi connectivity index (χ0v) is 27.8. The van der Waals surface area contributed by atoms with Crippen LogP contribution in [0.25, 0.3) is 66.1 Å². The van der Waals surface area contributed by atoms with Crippen molar-refractivity contribution in [1.29, 1.82) is 5.26 Å². The van der Waals surface area contributed by atoms with Gasteiger partial charge < -0.3 is 9.13 Å². The zero-order valence-electron chi connectivity index (χ0n) is 27.8. The molecule has 0 fully saturated rings. The number of hydrogen-bond donors (Lipinski definition) is 0. The highest BCUT2D eigenvalue weighted by atomic mass is 19.4. The Morgan fingerprint density at radius 1 is 0.411 bits per heavy atom. The lowest BCUT2D eigenvalue weighted by atomic mass is 9.89. The standard InChI is InChI=1S/C41H19F12N3/c42-38(43,44)22-12-14-26-24-6-1-3-10-31(24)55(33(26)17-22)35-16-21(20-54)28(37-29(40(48,49)50)8-5-9-30(37)41(51,52)53)19-36(35)56-32-11-4-2-7-25(32)27-15-13-23(18-34(27)56)39(45,46)47/h1-19H. The summed E-state index contributed by atoms with van der Waals surface area (Å²) in [6.45, 7) is 0. The van der Waals surface area contributed by atoms with Gasteiger partial charge in [-0.25, -0.2) is 0 Å². The molecule has 0 saturated carbocycles. The summed E-state index contributed by atoms with van der Waals surface area (Å²) in [5, 5.41) is 11.6. The van der Waals surface area contributed by atoms with Crippen LogP contribution in [0.3, 0.4) is 0 Å². The van der Waals surface area contributed by atoms with Crippen LogP contribution in [0.15, 0.2) is 115 Å². The normalized spacial score (nSPS) is 13.0. The van der Waals surface area contributed by atoms with Crippen LogP contribution >= 0.6 is 0 Å².